The van der Waals surface area contributed by atoms with Crippen LogP contribution in [0.3, 0.4) is 0 Å². The zero-order valence-electron chi connectivity index (χ0n) is 9.01. The molecule has 0 radical (unpaired) electrons. The number of aryl methyl sites for hydroxylation is 1. The quantitative estimate of drug-likeness (QED) is 0.569. The van der Waals surface area contributed by atoms with E-state index in [0.29, 0.717) is 17.4 Å². The molecular formula is C9H12N6O. The van der Waals surface area contributed by atoms with Gasteiger partial charge in [0.05, 0.1) is 13.3 Å². The summed E-state index contributed by atoms with van der Waals surface area (Å²) in [5.74, 6) is 6.74. The Hall–Kier alpha value is -2.15. The third kappa shape index (κ3) is 1.68. The maximum Gasteiger partial charge on any atom is 0.207 e. The molecule has 84 valence electrons. The average Bonchev–Trinajstić information content (AvgIpc) is 2.74. The fourth-order valence-corrected chi connectivity index (χ4v) is 1.35. The molecule has 0 unspecified atom stereocenters. The molecule has 0 aliphatic carbocycles. The van der Waals surface area contributed by atoms with E-state index < -0.39 is 0 Å². The van der Waals surface area contributed by atoms with Crippen LogP contribution in [0.15, 0.2) is 18.7 Å². The Labute approximate surface area is 92.2 Å². The lowest BCUT2D eigenvalue weighted by Crippen LogP contribution is -2.12. The van der Waals surface area contributed by atoms with Crippen LogP contribution in [0.25, 0.3) is 5.82 Å². The van der Waals surface area contributed by atoms with Gasteiger partial charge in [0.15, 0.2) is 5.82 Å². The summed E-state index contributed by atoms with van der Waals surface area (Å²) in [7, 11) is 1.53. The molecule has 0 spiro atoms. The number of anilines is 1. The van der Waals surface area contributed by atoms with E-state index in [1.165, 1.54) is 13.4 Å². The first kappa shape index (κ1) is 10.4. The molecule has 0 bridgehead atoms. The number of rotatable bonds is 3. The summed E-state index contributed by atoms with van der Waals surface area (Å²) in [6, 6.07) is 0. The lowest BCUT2D eigenvalue weighted by atomic mass is 10.4. The molecule has 0 saturated carbocycles. The van der Waals surface area contributed by atoms with Crippen molar-refractivity contribution in [1.29, 1.82) is 0 Å². The number of nitrogens with zero attached hydrogens (tertiary/aromatic N) is 4. The predicted molar refractivity (Wildman–Crippen MR) is 58.3 cm³/mol. The van der Waals surface area contributed by atoms with Gasteiger partial charge in [-0.05, 0) is 12.5 Å². The fraction of sp³-hybridized carbons (Fsp3) is 0.222. The van der Waals surface area contributed by atoms with E-state index >= 15 is 0 Å². The molecular weight excluding hydrogens is 208 g/mol. The SMILES string of the molecule is COc1c(NN)ncnc1-n1cc(C)cn1. The molecule has 16 heavy (non-hydrogen) atoms. The van der Waals surface area contributed by atoms with Crippen molar-refractivity contribution in [1.82, 2.24) is 19.7 Å². The van der Waals surface area contributed by atoms with Gasteiger partial charge >= 0.3 is 0 Å². The first-order valence-corrected chi connectivity index (χ1v) is 4.63. The van der Waals surface area contributed by atoms with E-state index in [0.717, 1.165) is 5.56 Å². The van der Waals surface area contributed by atoms with Gasteiger partial charge in [-0.2, -0.15) is 5.10 Å². The van der Waals surface area contributed by atoms with Gasteiger partial charge in [-0.25, -0.2) is 20.5 Å². The van der Waals surface area contributed by atoms with E-state index in [4.69, 9.17) is 10.6 Å². The Morgan fingerprint density at radius 3 is 2.81 bits per heavy atom. The van der Waals surface area contributed by atoms with Crippen molar-refractivity contribution < 1.29 is 4.74 Å². The Kier molecular flexibility index (Phi) is 2.69. The van der Waals surface area contributed by atoms with E-state index in [1.54, 1.807) is 10.9 Å². The summed E-state index contributed by atoms with van der Waals surface area (Å²) in [6.45, 7) is 1.94. The smallest absolute Gasteiger partial charge is 0.207 e. The Bertz CT molecular complexity index is 494. The molecule has 2 heterocycles. The van der Waals surface area contributed by atoms with E-state index in [2.05, 4.69) is 20.5 Å². The zero-order valence-corrected chi connectivity index (χ0v) is 9.01. The minimum atomic E-state index is 0.417. The van der Waals surface area contributed by atoms with Gasteiger partial charge in [0, 0.05) is 6.20 Å². The van der Waals surface area contributed by atoms with Crippen molar-refractivity contribution >= 4 is 5.82 Å². The van der Waals surface area contributed by atoms with E-state index in [-0.39, 0.29) is 0 Å². The van der Waals surface area contributed by atoms with Gasteiger partial charge in [-0.15, -0.1) is 0 Å². The van der Waals surface area contributed by atoms with Crippen molar-refractivity contribution in [3.63, 3.8) is 0 Å². The van der Waals surface area contributed by atoms with Crippen LogP contribution in [-0.4, -0.2) is 26.9 Å². The molecule has 7 heteroatoms. The van der Waals surface area contributed by atoms with Crippen molar-refractivity contribution in [2.75, 3.05) is 12.5 Å². The number of hydrazine groups is 1. The van der Waals surface area contributed by atoms with E-state index in [9.17, 15) is 0 Å². The first-order chi connectivity index (χ1) is 7.76. The molecule has 0 amide bonds. The Morgan fingerprint density at radius 2 is 2.25 bits per heavy atom. The highest BCUT2D eigenvalue weighted by Crippen LogP contribution is 2.26. The monoisotopic (exact) mass is 220 g/mol. The fourth-order valence-electron chi connectivity index (χ4n) is 1.35. The predicted octanol–water partition coefficient (Wildman–Crippen LogP) is 0.265. The third-order valence-corrected chi connectivity index (χ3v) is 2.05. The number of hydrogen-bond donors (Lipinski definition) is 2. The summed E-state index contributed by atoms with van der Waals surface area (Å²) < 4.78 is 6.81. The first-order valence-electron chi connectivity index (χ1n) is 4.63. The number of methoxy groups -OCH3 is 1. The van der Waals surface area contributed by atoms with Gasteiger partial charge < -0.3 is 10.2 Å². The zero-order chi connectivity index (χ0) is 11.5. The second-order valence-corrected chi connectivity index (χ2v) is 3.19. The number of hydrogen-bond acceptors (Lipinski definition) is 6. The highest BCUT2D eigenvalue weighted by atomic mass is 16.5. The van der Waals surface area contributed by atoms with Crippen LogP contribution in [0.2, 0.25) is 0 Å². The highest BCUT2D eigenvalue weighted by molar-refractivity contribution is 5.57. The van der Waals surface area contributed by atoms with Crippen molar-refractivity contribution in [2.24, 2.45) is 5.84 Å². The number of nitrogen functional groups attached to an aromatic ring is 1. The minimum Gasteiger partial charge on any atom is -0.490 e. The molecule has 0 atom stereocenters. The lowest BCUT2D eigenvalue weighted by molar-refractivity contribution is 0.409. The molecule has 0 fully saturated rings. The molecule has 3 N–H and O–H groups in total. The second kappa shape index (κ2) is 4.15. The van der Waals surface area contributed by atoms with E-state index in [1.807, 2.05) is 13.1 Å². The van der Waals surface area contributed by atoms with Gasteiger partial charge in [0.2, 0.25) is 11.6 Å². The average molecular weight is 220 g/mol. The third-order valence-electron chi connectivity index (χ3n) is 2.05. The summed E-state index contributed by atoms with van der Waals surface area (Å²) in [6.07, 6.45) is 4.96. The van der Waals surface area contributed by atoms with Gasteiger partial charge in [0.1, 0.15) is 6.33 Å². The maximum atomic E-state index is 5.33. The molecule has 2 rings (SSSR count). The van der Waals surface area contributed by atoms with Crippen LogP contribution in [0.1, 0.15) is 5.56 Å². The highest BCUT2D eigenvalue weighted by Gasteiger charge is 2.13. The summed E-state index contributed by atoms with van der Waals surface area (Å²) in [4.78, 5) is 8.06. The van der Waals surface area contributed by atoms with Gasteiger partial charge in [-0.3, -0.25) is 0 Å². The molecule has 0 saturated heterocycles. The van der Waals surface area contributed by atoms with Crippen molar-refractivity contribution in [2.45, 2.75) is 6.92 Å². The standard InChI is InChI=1S/C9H12N6O/c1-6-3-13-15(4-6)9-7(16-2)8(14-10)11-5-12-9/h3-5H,10H2,1-2H3,(H,11,12,14). The minimum absolute atomic E-state index is 0.417. The largest absolute Gasteiger partial charge is 0.490 e. The molecule has 2 aromatic heterocycles. The van der Waals surface area contributed by atoms with Crippen LogP contribution >= 0.6 is 0 Å². The molecule has 0 aromatic carbocycles. The number of nitrogens with two attached hydrogens (primary N) is 1. The summed E-state index contributed by atoms with van der Waals surface area (Å²) in [5, 5.41) is 4.15. The Balaban J connectivity index is 2.56. The van der Waals surface area contributed by atoms with Gasteiger partial charge in [-0.1, -0.05) is 0 Å². The maximum absolute atomic E-state index is 5.33. The number of ether oxygens (including phenoxy) is 1. The molecule has 7 nitrogen and oxygen atoms in total. The summed E-state index contributed by atoms with van der Waals surface area (Å²) >= 11 is 0. The Morgan fingerprint density at radius 1 is 1.44 bits per heavy atom. The van der Waals surface area contributed by atoms with Crippen LogP contribution < -0.4 is 16.0 Å². The molecule has 2 aromatic rings. The molecule has 0 aliphatic heterocycles. The van der Waals surface area contributed by atoms with Crippen molar-refractivity contribution in [3.05, 3.63) is 24.3 Å². The summed E-state index contributed by atoms with van der Waals surface area (Å²) in [5.41, 5.74) is 3.48. The molecule has 0 aliphatic rings. The number of nitrogens with one attached hydrogen (secondary N) is 1. The van der Waals surface area contributed by atoms with Crippen LogP contribution in [0.5, 0.6) is 5.75 Å². The van der Waals surface area contributed by atoms with Crippen LogP contribution in [-0.2, 0) is 0 Å². The normalized spacial score (nSPS) is 10.2. The van der Waals surface area contributed by atoms with Crippen LogP contribution in [0, 0.1) is 6.92 Å². The second-order valence-electron chi connectivity index (χ2n) is 3.19. The number of aromatic nitrogens is 4. The lowest BCUT2D eigenvalue weighted by Gasteiger charge is -2.10. The van der Waals surface area contributed by atoms with Crippen LogP contribution in [0.4, 0.5) is 5.82 Å². The van der Waals surface area contributed by atoms with Gasteiger partial charge in [0.25, 0.3) is 0 Å². The van der Waals surface area contributed by atoms with Crippen molar-refractivity contribution in [3.8, 4) is 11.6 Å². The topological polar surface area (TPSA) is 90.9 Å².